The Morgan fingerprint density at radius 1 is 1.00 bits per heavy atom. The Kier molecular flexibility index (Phi) is 7.07. The summed E-state index contributed by atoms with van der Waals surface area (Å²) in [6.45, 7) is 6.97. The minimum absolute atomic E-state index is 0.114. The first-order chi connectivity index (χ1) is 13.4. The topological polar surface area (TPSA) is 102 Å². The Morgan fingerprint density at radius 2 is 1.55 bits per heavy atom. The summed E-state index contributed by atoms with van der Waals surface area (Å²) in [6.07, 6.45) is -0.961. The molecule has 0 saturated carbocycles. The van der Waals surface area contributed by atoms with Crippen LogP contribution in [0.25, 0.3) is 0 Å². The van der Waals surface area contributed by atoms with Gasteiger partial charge in [-0.2, -0.15) is 0 Å². The number of esters is 1. The summed E-state index contributed by atoms with van der Waals surface area (Å²) in [4.78, 5) is 24.4. The van der Waals surface area contributed by atoms with E-state index in [1.54, 1.807) is 12.1 Å². The highest BCUT2D eigenvalue weighted by atomic mass is 79.9. The third-order valence-corrected chi connectivity index (χ3v) is 5.57. The predicted molar refractivity (Wildman–Crippen MR) is 114 cm³/mol. The molecule has 0 fully saturated rings. The molecule has 1 atom stereocenters. The number of anilines is 1. The molecule has 0 spiro atoms. The van der Waals surface area contributed by atoms with E-state index in [0.29, 0.717) is 5.69 Å². The number of nitrogens with one attached hydrogen (secondary N) is 2. The van der Waals surface area contributed by atoms with E-state index in [1.165, 1.54) is 43.3 Å². The Hall–Kier alpha value is -2.39. The molecule has 29 heavy (non-hydrogen) atoms. The largest absolute Gasteiger partial charge is 0.449 e. The Bertz CT molecular complexity index is 981. The number of ether oxygens (including phenoxy) is 1. The highest BCUT2D eigenvalue weighted by molar-refractivity contribution is 9.10. The van der Waals surface area contributed by atoms with Gasteiger partial charge in [0.25, 0.3) is 15.9 Å². The Balaban J connectivity index is 2.03. The van der Waals surface area contributed by atoms with Crippen molar-refractivity contribution < 1.29 is 22.7 Å². The zero-order valence-electron chi connectivity index (χ0n) is 16.5. The van der Waals surface area contributed by atoms with Crippen LogP contribution in [0.3, 0.4) is 0 Å². The fourth-order valence-electron chi connectivity index (χ4n) is 2.26. The first-order valence-electron chi connectivity index (χ1n) is 8.79. The molecule has 0 aliphatic rings. The maximum atomic E-state index is 12.4. The number of carbonyl (C=O) groups excluding carboxylic acids is 2. The second-order valence-corrected chi connectivity index (χ2v) is 10.0. The smallest absolute Gasteiger partial charge is 0.338 e. The van der Waals surface area contributed by atoms with Crippen LogP contribution >= 0.6 is 15.9 Å². The quantitative estimate of drug-likeness (QED) is 0.610. The van der Waals surface area contributed by atoms with E-state index in [0.717, 1.165) is 4.47 Å². The molecule has 156 valence electrons. The summed E-state index contributed by atoms with van der Waals surface area (Å²) in [7, 11) is -3.75. The van der Waals surface area contributed by atoms with Crippen molar-refractivity contribution in [1.29, 1.82) is 0 Å². The maximum Gasteiger partial charge on any atom is 0.338 e. The van der Waals surface area contributed by atoms with Crippen molar-refractivity contribution in [3.8, 4) is 0 Å². The summed E-state index contributed by atoms with van der Waals surface area (Å²) in [6, 6.07) is 12.0. The van der Waals surface area contributed by atoms with Gasteiger partial charge in [-0.05, 0) is 76.2 Å². The van der Waals surface area contributed by atoms with Crippen molar-refractivity contribution >= 4 is 43.5 Å². The van der Waals surface area contributed by atoms with Crippen molar-refractivity contribution in [2.45, 2.75) is 44.2 Å². The van der Waals surface area contributed by atoms with E-state index in [-0.39, 0.29) is 10.5 Å². The highest BCUT2D eigenvalue weighted by Gasteiger charge is 2.23. The van der Waals surface area contributed by atoms with E-state index >= 15 is 0 Å². The van der Waals surface area contributed by atoms with Crippen LogP contribution in [0.4, 0.5) is 5.69 Å². The lowest BCUT2D eigenvalue weighted by Gasteiger charge is -2.23. The van der Waals surface area contributed by atoms with Crippen molar-refractivity contribution in [2.75, 3.05) is 4.72 Å². The summed E-state index contributed by atoms with van der Waals surface area (Å²) < 4.78 is 33.2. The molecule has 2 N–H and O–H groups in total. The fourth-order valence-corrected chi connectivity index (χ4v) is 3.58. The summed E-state index contributed by atoms with van der Waals surface area (Å²) >= 11 is 3.26. The van der Waals surface area contributed by atoms with Crippen LogP contribution in [0.15, 0.2) is 57.9 Å². The third-order valence-electron chi connectivity index (χ3n) is 3.65. The van der Waals surface area contributed by atoms with Gasteiger partial charge < -0.3 is 10.1 Å². The van der Waals surface area contributed by atoms with Crippen LogP contribution in [0.2, 0.25) is 0 Å². The molecule has 0 aliphatic heterocycles. The molecule has 0 radical (unpaired) electrons. The molecule has 1 amide bonds. The maximum absolute atomic E-state index is 12.4. The van der Waals surface area contributed by atoms with Crippen LogP contribution in [0.1, 0.15) is 38.1 Å². The van der Waals surface area contributed by atoms with Gasteiger partial charge in [0, 0.05) is 15.7 Å². The molecule has 0 aromatic heterocycles. The molecule has 0 heterocycles. The normalized spacial score (nSPS) is 12.7. The average molecular weight is 483 g/mol. The highest BCUT2D eigenvalue weighted by Crippen LogP contribution is 2.19. The minimum atomic E-state index is -3.75. The zero-order valence-corrected chi connectivity index (χ0v) is 18.9. The second kappa shape index (κ2) is 8.96. The van der Waals surface area contributed by atoms with Gasteiger partial charge in [0.15, 0.2) is 6.10 Å². The lowest BCUT2D eigenvalue weighted by atomic mass is 10.1. The van der Waals surface area contributed by atoms with E-state index in [1.807, 2.05) is 20.8 Å². The molecular weight excluding hydrogens is 460 g/mol. The van der Waals surface area contributed by atoms with Gasteiger partial charge in [-0.25, -0.2) is 13.2 Å². The van der Waals surface area contributed by atoms with Crippen LogP contribution in [0, 0.1) is 0 Å². The molecule has 1 unspecified atom stereocenters. The average Bonchev–Trinajstić information content (AvgIpc) is 2.60. The Morgan fingerprint density at radius 3 is 2.07 bits per heavy atom. The molecule has 2 rings (SSSR count). The third kappa shape index (κ3) is 6.86. The number of benzene rings is 2. The molecular formula is C20H23BrN2O5S. The van der Waals surface area contributed by atoms with E-state index in [2.05, 4.69) is 26.0 Å². The van der Waals surface area contributed by atoms with E-state index in [9.17, 15) is 18.0 Å². The van der Waals surface area contributed by atoms with Gasteiger partial charge in [0.05, 0.1) is 10.5 Å². The van der Waals surface area contributed by atoms with Gasteiger partial charge in [-0.15, -0.1) is 0 Å². The van der Waals surface area contributed by atoms with Crippen LogP contribution in [-0.4, -0.2) is 31.9 Å². The van der Waals surface area contributed by atoms with Gasteiger partial charge in [-0.3, -0.25) is 9.52 Å². The molecule has 0 bridgehead atoms. The number of hydrogen-bond acceptors (Lipinski definition) is 5. The SMILES string of the molecule is CC(OC(=O)c1ccc(NS(=O)(=O)c2ccc(Br)cc2)cc1)C(=O)NC(C)(C)C. The lowest BCUT2D eigenvalue weighted by molar-refractivity contribution is -0.130. The van der Waals surface area contributed by atoms with E-state index in [4.69, 9.17) is 4.74 Å². The number of carbonyl (C=O) groups is 2. The van der Waals surface area contributed by atoms with Crippen molar-refractivity contribution in [3.63, 3.8) is 0 Å². The molecule has 2 aromatic carbocycles. The summed E-state index contributed by atoms with van der Waals surface area (Å²) in [5.41, 5.74) is 0.0563. The minimum Gasteiger partial charge on any atom is -0.449 e. The van der Waals surface area contributed by atoms with Crippen molar-refractivity contribution in [1.82, 2.24) is 5.32 Å². The fraction of sp³-hybridized carbons (Fsp3) is 0.300. The number of hydrogen-bond donors (Lipinski definition) is 2. The molecule has 7 nitrogen and oxygen atoms in total. The number of halogens is 1. The molecule has 0 aliphatic carbocycles. The summed E-state index contributed by atoms with van der Waals surface area (Å²) in [5, 5.41) is 2.73. The molecule has 9 heteroatoms. The number of rotatable bonds is 6. The van der Waals surface area contributed by atoms with Gasteiger partial charge in [0.1, 0.15) is 0 Å². The summed E-state index contributed by atoms with van der Waals surface area (Å²) in [5.74, 6) is -1.08. The monoisotopic (exact) mass is 482 g/mol. The number of sulfonamides is 1. The van der Waals surface area contributed by atoms with Gasteiger partial charge >= 0.3 is 5.97 Å². The van der Waals surface area contributed by atoms with Crippen molar-refractivity contribution in [3.05, 3.63) is 58.6 Å². The first kappa shape index (κ1) is 22.9. The lowest BCUT2D eigenvalue weighted by Crippen LogP contribution is -2.46. The van der Waals surface area contributed by atoms with Crippen LogP contribution in [-0.2, 0) is 19.6 Å². The Labute approximate surface area is 179 Å². The molecule has 0 saturated heterocycles. The zero-order chi connectivity index (χ0) is 21.8. The van der Waals surface area contributed by atoms with Crippen LogP contribution < -0.4 is 10.0 Å². The number of amides is 1. The molecule has 2 aromatic rings. The first-order valence-corrected chi connectivity index (χ1v) is 11.1. The van der Waals surface area contributed by atoms with Crippen LogP contribution in [0.5, 0.6) is 0 Å². The predicted octanol–water partition coefficient (Wildman–Crippen LogP) is 3.71. The standard InChI is InChI=1S/C20H23BrN2O5S/c1-13(18(24)22-20(2,3)4)28-19(25)14-5-9-16(10-6-14)23-29(26,27)17-11-7-15(21)8-12-17/h5-13,23H,1-4H3,(H,22,24). The van der Waals surface area contributed by atoms with Gasteiger partial charge in [-0.1, -0.05) is 15.9 Å². The second-order valence-electron chi connectivity index (χ2n) is 7.42. The van der Waals surface area contributed by atoms with E-state index < -0.39 is 33.5 Å². The van der Waals surface area contributed by atoms with Gasteiger partial charge in [0.2, 0.25) is 0 Å². The van der Waals surface area contributed by atoms with Crippen molar-refractivity contribution in [2.24, 2.45) is 0 Å².